The number of halogens is 1. The van der Waals surface area contributed by atoms with Crippen molar-refractivity contribution >= 4 is 50.6 Å². The Labute approximate surface area is 359 Å². The van der Waals surface area contributed by atoms with E-state index in [2.05, 4.69) is 70.6 Å². The summed E-state index contributed by atoms with van der Waals surface area (Å²) in [6.45, 7) is 19.0. The molecule has 0 aliphatic carbocycles. The zero-order valence-corrected chi connectivity index (χ0v) is 39.3. The molecule has 334 valence electrons. The van der Waals surface area contributed by atoms with Crippen LogP contribution in [0.5, 0.6) is 5.75 Å². The monoisotopic (exact) mass is 863 g/mol. The van der Waals surface area contributed by atoms with Gasteiger partial charge in [-0.3, -0.25) is 14.6 Å². The molecule has 15 heteroatoms. The van der Waals surface area contributed by atoms with E-state index in [1.54, 1.807) is 16.6 Å². The average Bonchev–Trinajstić information content (AvgIpc) is 3.72. The predicted octanol–water partition coefficient (Wildman–Crippen LogP) is 10.8. The largest absolute Gasteiger partial charge is 0.478 e. The Hall–Kier alpha value is -3.52. The highest BCUT2D eigenvalue weighted by Crippen LogP contribution is 2.38. The molecule has 59 heavy (non-hydrogen) atoms. The molecule has 0 aliphatic heterocycles. The van der Waals surface area contributed by atoms with Crippen LogP contribution in [0.4, 0.5) is 16.2 Å². The van der Waals surface area contributed by atoms with Crippen LogP contribution in [-0.2, 0) is 25.6 Å². The first-order valence-corrected chi connectivity index (χ1v) is 24.3. The number of nitrogens with one attached hydrogen (secondary N) is 5. The number of rotatable bonds is 27. The van der Waals surface area contributed by atoms with Crippen molar-refractivity contribution in [3.63, 3.8) is 0 Å². The number of unbranched alkanes of at least 4 members (excludes halogenated alkanes) is 14. The summed E-state index contributed by atoms with van der Waals surface area (Å²) in [5.41, 5.74) is -0.0322. The fourth-order valence-corrected chi connectivity index (χ4v) is 8.03. The number of sulfonamides is 1. The summed E-state index contributed by atoms with van der Waals surface area (Å²) in [6.07, 6.45) is 18.6. The van der Waals surface area contributed by atoms with E-state index in [0.717, 1.165) is 56.9 Å². The molecule has 3 rings (SSSR count). The molecule has 2 heterocycles. The van der Waals surface area contributed by atoms with Crippen molar-refractivity contribution in [1.82, 2.24) is 30.4 Å². The maximum absolute atomic E-state index is 14.5. The summed E-state index contributed by atoms with van der Waals surface area (Å²) < 4.78 is 35.1. The first kappa shape index (κ1) is 49.8. The molecule has 13 nitrogen and oxygen atoms in total. The third-order valence-electron chi connectivity index (χ3n) is 11.3. The van der Waals surface area contributed by atoms with E-state index in [1.807, 2.05) is 27.7 Å². The van der Waals surface area contributed by atoms with Gasteiger partial charge in [0, 0.05) is 22.9 Å². The summed E-state index contributed by atoms with van der Waals surface area (Å²) >= 11 is 6.77. The first-order chi connectivity index (χ1) is 27.7. The van der Waals surface area contributed by atoms with Gasteiger partial charge in [-0.15, -0.1) is 10.2 Å². The number of anilines is 2. The predicted molar refractivity (Wildman–Crippen MR) is 242 cm³/mol. The van der Waals surface area contributed by atoms with Crippen molar-refractivity contribution in [2.45, 2.75) is 194 Å². The minimum Gasteiger partial charge on any atom is -0.478 e. The minimum absolute atomic E-state index is 0.240. The minimum atomic E-state index is -3.61. The van der Waals surface area contributed by atoms with Crippen LogP contribution in [0.1, 0.15) is 183 Å². The first-order valence-electron chi connectivity index (χ1n) is 22.0. The summed E-state index contributed by atoms with van der Waals surface area (Å²) in [5, 5.41) is 21.9. The number of ether oxygens (including phenoxy) is 1. The van der Waals surface area contributed by atoms with Gasteiger partial charge in [-0.05, 0) is 51.3 Å². The Morgan fingerprint density at radius 3 is 1.95 bits per heavy atom. The summed E-state index contributed by atoms with van der Waals surface area (Å²) in [4.78, 5) is 27.6. The van der Waals surface area contributed by atoms with Crippen LogP contribution in [0, 0.1) is 0 Å². The Bertz CT molecular complexity index is 1880. The number of carbonyl (C=O) groups is 2. The number of H-pyrrole nitrogens is 1. The number of nitrogens with zero attached hydrogens (tertiary/aromatic N) is 3. The number of fused-ring (bicyclic) bond motifs is 1. The molecule has 0 aliphatic rings. The summed E-state index contributed by atoms with van der Waals surface area (Å²) in [6, 6.07) is 4.20. The van der Waals surface area contributed by atoms with Crippen LogP contribution in [0.2, 0.25) is 5.02 Å². The third kappa shape index (κ3) is 15.5. The molecule has 3 amide bonds. The molecule has 0 radical (unpaired) electrons. The van der Waals surface area contributed by atoms with Crippen molar-refractivity contribution in [3.8, 4) is 5.75 Å². The van der Waals surface area contributed by atoms with Gasteiger partial charge in [-0.1, -0.05) is 150 Å². The van der Waals surface area contributed by atoms with Crippen LogP contribution in [0.15, 0.2) is 18.2 Å². The molecule has 2 aromatic heterocycles. The van der Waals surface area contributed by atoms with Crippen molar-refractivity contribution in [2.24, 2.45) is 0 Å². The van der Waals surface area contributed by atoms with E-state index < -0.39 is 33.1 Å². The van der Waals surface area contributed by atoms with Gasteiger partial charge in [0.25, 0.3) is 5.91 Å². The Morgan fingerprint density at radius 2 is 1.39 bits per heavy atom. The van der Waals surface area contributed by atoms with Gasteiger partial charge in [0.05, 0.1) is 23.3 Å². The van der Waals surface area contributed by atoms with Gasteiger partial charge in [0.1, 0.15) is 10.8 Å². The van der Waals surface area contributed by atoms with Crippen LogP contribution in [0.3, 0.4) is 0 Å². The topological polar surface area (TPSA) is 172 Å². The van der Waals surface area contributed by atoms with Crippen LogP contribution in [0.25, 0.3) is 5.65 Å². The highest BCUT2D eigenvalue weighted by molar-refractivity contribution is 7.92. The standard InChI is InChI=1S/C44H75ClN8O5S/c1-11-13-15-17-19-20-21-22-23-25-27-35(39(54)48-44(8,9)43(6,7)40-50-49-38-36(45)37(42(3,4)5)51-53(38)40)58-34-29-28-32(52-59(10,56)57)31-33(34)47-41(55)46-30-26-24-18-16-14-12-2/h28-29,31,35,51-52H,11-27,30H2,1-10H3,(H,48,54)(H2,46,47,55). The lowest BCUT2D eigenvalue weighted by Gasteiger charge is -2.41. The lowest BCUT2D eigenvalue weighted by atomic mass is 9.73. The maximum atomic E-state index is 14.5. The number of urea groups is 1. The van der Waals surface area contributed by atoms with E-state index in [0.29, 0.717) is 29.5 Å². The number of hydrogen-bond acceptors (Lipinski definition) is 7. The second-order valence-electron chi connectivity index (χ2n) is 18.3. The molecular weight excluding hydrogens is 788 g/mol. The molecule has 0 saturated heterocycles. The van der Waals surface area contributed by atoms with Gasteiger partial charge in [0.15, 0.2) is 17.6 Å². The molecule has 0 saturated carbocycles. The molecular formula is C44H75ClN8O5S. The van der Waals surface area contributed by atoms with Crippen LogP contribution in [-0.4, -0.2) is 64.6 Å². The van der Waals surface area contributed by atoms with Gasteiger partial charge < -0.3 is 20.7 Å². The maximum Gasteiger partial charge on any atom is 0.319 e. The quantitative estimate of drug-likeness (QED) is 0.0475. The normalized spacial score (nSPS) is 13.1. The van der Waals surface area contributed by atoms with E-state index in [4.69, 9.17) is 16.3 Å². The number of amides is 3. The Morgan fingerprint density at radius 1 is 0.831 bits per heavy atom. The Balaban J connectivity index is 1.86. The highest BCUT2D eigenvalue weighted by atomic mass is 35.5. The SMILES string of the molecule is CCCCCCCCCCCCC(Oc1ccc(NS(C)(=O)=O)cc1NC(=O)NCCCCCCCC)C(=O)NC(C)(C)C(C)(C)c1nnc2c(Cl)c(C(C)(C)C)[nH]n12. The smallest absolute Gasteiger partial charge is 0.319 e. The summed E-state index contributed by atoms with van der Waals surface area (Å²) in [5.74, 6) is 0.532. The fourth-order valence-electron chi connectivity index (χ4n) is 7.03. The molecule has 0 fully saturated rings. The number of aromatic nitrogens is 4. The second-order valence-corrected chi connectivity index (χ2v) is 20.4. The van der Waals surface area contributed by atoms with Crippen LogP contribution >= 0.6 is 11.6 Å². The van der Waals surface area contributed by atoms with Crippen molar-refractivity contribution in [1.29, 1.82) is 0 Å². The van der Waals surface area contributed by atoms with E-state index in [9.17, 15) is 18.0 Å². The molecule has 5 N–H and O–H groups in total. The number of benzene rings is 1. The average molecular weight is 864 g/mol. The van der Waals surface area contributed by atoms with E-state index >= 15 is 0 Å². The summed E-state index contributed by atoms with van der Waals surface area (Å²) in [7, 11) is -3.61. The Kier molecular flexibility index (Phi) is 19.3. The van der Waals surface area contributed by atoms with Crippen molar-refractivity contribution < 1.29 is 22.7 Å². The second kappa shape index (κ2) is 22.9. The zero-order valence-electron chi connectivity index (χ0n) is 37.7. The molecule has 1 aromatic carbocycles. The number of aromatic amines is 1. The lowest BCUT2D eigenvalue weighted by Crippen LogP contribution is -2.59. The highest BCUT2D eigenvalue weighted by Gasteiger charge is 2.45. The van der Waals surface area contributed by atoms with Crippen molar-refractivity contribution in [2.75, 3.05) is 22.8 Å². The number of carbonyl (C=O) groups excluding carboxylic acids is 2. The zero-order chi connectivity index (χ0) is 43.9. The van der Waals surface area contributed by atoms with Crippen LogP contribution < -0.4 is 25.4 Å². The molecule has 3 aromatic rings. The van der Waals surface area contributed by atoms with Gasteiger partial charge in [0.2, 0.25) is 10.0 Å². The molecule has 0 spiro atoms. The van der Waals surface area contributed by atoms with E-state index in [1.165, 1.54) is 63.9 Å². The van der Waals surface area contributed by atoms with Gasteiger partial charge in [-0.2, -0.15) is 0 Å². The molecule has 0 bridgehead atoms. The van der Waals surface area contributed by atoms with Crippen molar-refractivity contribution in [3.05, 3.63) is 34.7 Å². The molecule has 1 atom stereocenters. The molecule has 1 unspecified atom stereocenters. The third-order valence-corrected chi connectivity index (χ3v) is 12.3. The lowest BCUT2D eigenvalue weighted by molar-refractivity contribution is -0.130. The van der Waals surface area contributed by atoms with Gasteiger partial charge in [-0.25, -0.2) is 17.7 Å². The van der Waals surface area contributed by atoms with E-state index in [-0.39, 0.29) is 28.4 Å². The number of hydrogen-bond donors (Lipinski definition) is 5. The fraction of sp³-hybridized carbons (Fsp3) is 0.727. The van der Waals surface area contributed by atoms with Gasteiger partial charge >= 0.3 is 6.03 Å².